The number of carbonyl (C=O) groups is 1. The normalized spacial score (nSPS) is 18.7. The highest BCUT2D eigenvalue weighted by Gasteiger charge is 2.23. The van der Waals surface area contributed by atoms with Gasteiger partial charge in [-0.25, -0.2) is 13.2 Å². The molecular weight excluding hydrogens is 308 g/mol. The topological polar surface area (TPSA) is 108 Å². The van der Waals surface area contributed by atoms with E-state index in [4.69, 9.17) is 10.5 Å². The molecule has 0 saturated carbocycles. The van der Waals surface area contributed by atoms with Crippen LogP contribution in [-0.2, 0) is 19.5 Å². The highest BCUT2D eigenvalue weighted by Crippen LogP contribution is 2.25. The summed E-state index contributed by atoms with van der Waals surface area (Å²) in [5.41, 5.74) is 6.17. The Morgan fingerprint density at radius 2 is 2.23 bits per heavy atom. The number of rotatable bonds is 5. The molecule has 0 spiro atoms. The van der Waals surface area contributed by atoms with Gasteiger partial charge in [-0.3, -0.25) is 4.72 Å². The first-order valence-electron chi connectivity index (χ1n) is 7.02. The van der Waals surface area contributed by atoms with Gasteiger partial charge >= 0.3 is 5.97 Å². The summed E-state index contributed by atoms with van der Waals surface area (Å²) in [7, 11) is -2.38. The second kappa shape index (κ2) is 6.97. The Hall–Kier alpha value is -1.80. The fourth-order valence-electron chi connectivity index (χ4n) is 2.33. The number of ether oxygens (including phenoxy) is 2. The summed E-state index contributed by atoms with van der Waals surface area (Å²) in [6.45, 7) is 0.583. The molecule has 122 valence electrons. The summed E-state index contributed by atoms with van der Waals surface area (Å²) >= 11 is 0. The average Bonchev–Trinajstić information content (AvgIpc) is 2.49. The number of esters is 1. The number of methoxy groups -OCH3 is 1. The van der Waals surface area contributed by atoms with Crippen molar-refractivity contribution >= 4 is 27.4 Å². The van der Waals surface area contributed by atoms with Crippen LogP contribution < -0.4 is 10.5 Å². The molecule has 1 fully saturated rings. The highest BCUT2D eigenvalue weighted by atomic mass is 32.2. The summed E-state index contributed by atoms with van der Waals surface area (Å²) in [4.78, 5) is 11.6. The van der Waals surface area contributed by atoms with E-state index in [1.165, 1.54) is 25.3 Å². The molecule has 1 aliphatic rings. The van der Waals surface area contributed by atoms with Crippen LogP contribution in [0.15, 0.2) is 18.2 Å². The molecule has 0 unspecified atom stereocenters. The third-order valence-corrected chi connectivity index (χ3v) is 4.80. The number of hydrogen-bond acceptors (Lipinski definition) is 6. The van der Waals surface area contributed by atoms with Gasteiger partial charge in [-0.15, -0.1) is 0 Å². The number of nitrogens with two attached hydrogens (primary N) is 1. The molecule has 0 aromatic heterocycles. The van der Waals surface area contributed by atoms with E-state index in [2.05, 4.69) is 9.46 Å². The molecule has 1 aliphatic heterocycles. The number of carbonyl (C=O) groups excluding carboxylic acids is 1. The number of para-hydroxylation sites is 1. The summed E-state index contributed by atoms with van der Waals surface area (Å²) in [5.74, 6) is -0.747. The zero-order chi connectivity index (χ0) is 16.2. The first-order valence-corrected chi connectivity index (χ1v) is 8.67. The Kier molecular flexibility index (Phi) is 5.25. The number of nitrogen functional groups attached to an aromatic ring is 1. The van der Waals surface area contributed by atoms with E-state index in [9.17, 15) is 13.2 Å². The fraction of sp³-hybridized carbons (Fsp3) is 0.500. The van der Waals surface area contributed by atoms with Crippen LogP contribution in [0.25, 0.3) is 0 Å². The van der Waals surface area contributed by atoms with Crippen LogP contribution in [0.5, 0.6) is 0 Å². The average molecular weight is 328 g/mol. The molecule has 2 rings (SSSR count). The van der Waals surface area contributed by atoms with Crippen LogP contribution in [0.3, 0.4) is 0 Å². The lowest BCUT2D eigenvalue weighted by Gasteiger charge is -2.22. The lowest BCUT2D eigenvalue weighted by molar-refractivity contribution is 0.0306. The zero-order valence-corrected chi connectivity index (χ0v) is 13.2. The maximum atomic E-state index is 12.2. The van der Waals surface area contributed by atoms with Gasteiger partial charge in [0.2, 0.25) is 10.0 Å². The Morgan fingerprint density at radius 3 is 2.86 bits per heavy atom. The molecule has 7 nitrogen and oxygen atoms in total. The van der Waals surface area contributed by atoms with Crippen molar-refractivity contribution in [3.8, 4) is 0 Å². The van der Waals surface area contributed by atoms with Crippen LogP contribution in [-0.4, -0.2) is 40.0 Å². The van der Waals surface area contributed by atoms with E-state index in [1.54, 1.807) is 0 Å². The van der Waals surface area contributed by atoms with Crippen molar-refractivity contribution in [1.82, 2.24) is 0 Å². The number of anilines is 2. The third kappa shape index (κ3) is 4.11. The second-order valence-corrected chi connectivity index (χ2v) is 6.90. The standard InChI is InChI=1S/C14H20N2O5S/c1-20-14(17)11-6-4-7-12(13(11)15)16-22(18,19)9-10-5-2-3-8-21-10/h4,6-7,10,16H,2-3,5,8-9,15H2,1H3/t10-/m0/s1. The first kappa shape index (κ1) is 16.6. The number of hydrogen-bond donors (Lipinski definition) is 2. The molecule has 1 atom stereocenters. The highest BCUT2D eigenvalue weighted by molar-refractivity contribution is 7.92. The second-order valence-electron chi connectivity index (χ2n) is 5.13. The van der Waals surface area contributed by atoms with E-state index >= 15 is 0 Å². The molecule has 0 bridgehead atoms. The largest absolute Gasteiger partial charge is 0.465 e. The van der Waals surface area contributed by atoms with Crippen molar-refractivity contribution in [2.75, 3.05) is 29.9 Å². The quantitative estimate of drug-likeness (QED) is 0.624. The van der Waals surface area contributed by atoms with E-state index in [0.717, 1.165) is 19.3 Å². The van der Waals surface area contributed by atoms with Crippen LogP contribution in [0.1, 0.15) is 29.6 Å². The van der Waals surface area contributed by atoms with Gasteiger partial charge in [0, 0.05) is 6.61 Å². The summed E-state index contributed by atoms with van der Waals surface area (Å²) < 4.78 is 36.9. The van der Waals surface area contributed by atoms with Gasteiger partial charge < -0.3 is 15.2 Å². The molecule has 3 N–H and O–H groups in total. The van der Waals surface area contributed by atoms with Crippen molar-refractivity contribution in [2.45, 2.75) is 25.4 Å². The van der Waals surface area contributed by atoms with E-state index < -0.39 is 16.0 Å². The molecule has 8 heteroatoms. The molecule has 0 amide bonds. The SMILES string of the molecule is COC(=O)c1cccc(NS(=O)(=O)C[C@@H]2CCCCO2)c1N. The minimum absolute atomic E-state index is 0.0440. The number of sulfonamides is 1. The van der Waals surface area contributed by atoms with Gasteiger partial charge in [0.1, 0.15) is 0 Å². The number of benzene rings is 1. The van der Waals surface area contributed by atoms with Gasteiger partial charge in [0.05, 0.1) is 35.9 Å². The summed E-state index contributed by atoms with van der Waals surface area (Å²) in [6, 6.07) is 4.52. The van der Waals surface area contributed by atoms with Crippen LogP contribution in [0.2, 0.25) is 0 Å². The van der Waals surface area contributed by atoms with Gasteiger partial charge in [-0.1, -0.05) is 6.07 Å². The predicted octanol–water partition coefficient (Wildman–Crippen LogP) is 1.37. The lowest BCUT2D eigenvalue weighted by atomic mass is 10.1. The Bertz CT molecular complexity index is 639. The zero-order valence-electron chi connectivity index (χ0n) is 12.4. The minimum atomic E-state index is -3.61. The van der Waals surface area contributed by atoms with Crippen LogP contribution in [0.4, 0.5) is 11.4 Å². The van der Waals surface area contributed by atoms with E-state index in [1.807, 2.05) is 0 Å². The summed E-state index contributed by atoms with van der Waals surface area (Å²) in [5, 5.41) is 0. The third-order valence-electron chi connectivity index (χ3n) is 3.46. The van der Waals surface area contributed by atoms with Crippen molar-refractivity contribution in [2.24, 2.45) is 0 Å². The molecule has 1 aromatic carbocycles. The molecule has 1 heterocycles. The van der Waals surface area contributed by atoms with Crippen molar-refractivity contribution in [3.63, 3.8) is 0 Å². The van der Waals surface area contributed by atoms with Gasteiger partial charge in [0.15, 0.2) is 0 Å². The molecule has 1 saturated heterocycles. The monoisotopic (exact) mass is 328 g/mol. The predicted molar refractivity (Wildman–Crippen MR) is 83.2 cm³/mol. The minimum Gasteiger partial charge on any atom is -0.465 e. The molecule has 1 aromatic rings. The molecule has 0 radical (unpaired) electrons. The van der Waals surface area contributed by atoms with Crippen LogP contribution >= 0.6 is 0 Å². The lowest BCUT2D eigenvalue weighted by Crippen LogP contribution is -2.31. The smallest absolute Gasteiger partial charge is 0.340 e. The molecule has 22 heavy (non-hydrogen) atoms. The van der Waals surface area contributed by atoms with Crippen LogP contribution in [0, 0.1) is 0 Å². The molecular formula is C14H20N2O5S. The van der Waals surface area contributed by atoms with E-state index in [0.29, 0.717) is 6.61 Å². The van der Waals surface area contributed by atoms with Gasteiger partial charge in [-0.05, 0) is 31.4 Å². The Labute approximate surface area is 129 Å². The van der Waals surface area contributed by atoms with Gasteiger partial charge in [0.25, 0.3) is 0 Å². The molecule has 0 aliphatic carbocycles. The summed E-state index contributed by atoms with van der Waals surface area (Å²) in [6.07, 6.45) is 2.33. The van der Waals surface area contributed by atoms with E-state index in [-0.39, 0.29) is 28.8 Å². The maximum absolute atomic E-state index is 12.2. The number of nitrogens with one attached hydrogen (secondary N) is 1. The first-order chi connectivity index (χ1) is 10.4. The van der Waals surface area contributed by atoms with Gasteiger partial charge in [-0.2, -0.15) is 0 Å². The maximum Gasteiger partial charge on any atom is 0.340 e. The van der Waals surface area contributed by atoms with Crippen molar-refractivity contribution in [1.29, 1.82) is 0 Å². The van der Waals surface area contributed by atoms with Crippen molar-refractivity contribution in [3.05, 3.63) is 23.8 Å². The van der Waals surface area contributed by atoms with Crippen molar-refractivity contribution < 1.29 is 22.7 Å². The Morgan fingerprint density at radius 1 is 1.45 bits per heavy atom. The fourth-order valence-corrected chi connectivity index (χ4v) is 3.68. The Balaban J connectivity index is 2.13.